The van der Waals surface area contributed by atoms with E-state index in [1.807, 2.05) is 75.7 Å². The summed E-state index contributed by atoms with van der Waals surface area (Å²) >= 11 is 1.37. The van der Waals surface area contributed by atoms with Crippen molar-refractivity contribution < 1.29 is 19.1 Å². The number of hydrogen-bond acceptors (Lipinski definition) is 6. The molecule has 2 N–H and O–H groups in total. The molecule has 188 valence electrons. The number of ether oxygens (including phenoxy) is 2. The van der Waals surface area contributed by atoms with E-state index in [0.717, 1.165) is 21.6 Å². The molecule has 0 radical (unpaired) electrons. The number of hydrogen-bond donors (Lipinski definition) is 2. The number of carbonyl (C=O) groups excluding carboxylic acids is 2. The maximum absolute atomic E-state index is 13.3. The lowest BCUT2D eigenvalue weighted by molar-refractivity contribution is -0.118. The Labute approximate surface area is 214 Å². The van der Waals surface area contributed by atoms with Gasteiger partial charge in [0.2, 0.25) is 5.91 Å². The van der Waals surface area contributed by atoms with Crippen molar-refractivity contribution in [2.45, 2.75) is 34.6 Å². The molecule has 8 nitrogen and oxygen atoms in total. The van der Waals surface area contributed by atoms with Crippen molar-refractivity contribution in [3.63, 3.8) is 0 Å². The predicted molar refractivity (Wildman–Crippen MR) is 144 cm³/mol. The molecule has 0 saturated carbocycles. The minimum Gasteiger partial charge on any atom is -0.492 e. The van der Waals surface area contributed by atoms with Crippen LogP contribution >= 0.6 is 11.3 Å². The molecule has 36 heavy (non-hydrogen) atoms. The minimum absolute atomic E-state index is 0.136. The monoisotopic (exact) mass is 506 g/mol. The Balaban J connectivity index is 1.68. The highest BCUT2D eigenvalue weighted by Crippen LogP contribution is 2.38. The van der Waals surface area contributed by atoms with Crippen molar-refractivity contribution in [1.29, 1.82) is 0 Å². The Morgan fingerprint density at radius 3 is 2.17 bits per heavy atom. The van der Waals surface area contributed by atoms with E-state index in [4.69, 9.17) is 9.47 Å². The first-order valence-corrected chi connectivity index (χ1v) is 12.7. The van der Waals surface area contributed by atoms with Gasteiger partial charge in [0.1, 0.15) is 16.3 Å². The predicted octanol–water partition coefficient (Wildman–Crippen LogP) is 6.04. The van der Waals surface area contributed by atoms with Crippen molar-refractivity contribution in [3.8, 4) is 17.2 Å². The average Bonchev–Trinajstić information content (AvgIpc) is 3.43. The van der Waals surface area contributed by atoms with Gasteiger partial charge in [-0.1, -0.05) is 32.0 Å². The summed E-state index contributed by atoms with van der Waals surface area (Å²) in [6.45, 7) is 10.1. The normalized spacial score (nSPS) is 11.1. The number of para-hydroxylation sites is 1. The van der Waals surface area contributed by atoms with Crippen LogP contribution in [0, 0.1) is 12.8 Å². The van der Waals surface area contributed by atoms with E-state index in [-0.39, 0.29) is 17.7 Å². The highest BCUT2D eigenvalue weighted by molar-refractivity contribution is 7.20. The van der Waals surface area contributed by atoms with Crippen LogP contribution in [-0.4, -0.2) is 34.8 Å². The molecule has 4 rings (SSSR count). The maximum Gasteiger partial charge on any atom is 0.265 e. The third kappa shape index (κ3) is 5.21. The van der Waals surface area contributed by atoms with Gasteiger partial charge in [0.15, 0.2) is 0 Å². The number of benzene rings is 2. The number of amides is 2. The fourth-order valence-corrected chi connectivity index (χ4v) is 4.75. The molecule has 0 bridgehead atoms. The topological polar surface area (TPSA) is 94.5 Å². The van der Waals surface area contributed by atoms with E-state index < -0.39 is 0 Å². The van der Waals surface area contributed by atoms with Gasteiger partial charge in [-0.3, -0.25) is 9.59 Å². The summed E-state index contributed by atoms with van der Waals surface area (Å²) in [5.74, 6) is 0.303. The fourth-order valence-electron chi connectivity index (χ4n) is 3.67. The molecule has 0 atom stereocenters. The summed E-state index contributed by atoms with van der Waals surface area (Å²) in [6, 6.07) is 15.1. The standard InChI is InChI=1S/C27H30N4O4S/c1-6-34-22-15-21(23(35-7-2)14-20(22)28-25(32)16(3)4)29-26(33)24-13-19-17(5)30-31(27(19)36-24)18-11-9-8-10-12-18/h8-16H,6-7H2,1-5H3,(H,28,32)(H,29,33). The first kappa shape index (κ1) is 25.2. The first-order valence-electron chi connectivity index (χ1n) is 11.9. The lowest BCUT2D eigenvalue weighted by Gasteiger charge is -2.18. The van der Waals surface area contributed by atoms with Gasteiger partial charge in [-0.2, -0.15) is 5.10 Å². The van der Waals surface area contributed by atoms with Gasteiger partial charge in [0.25, 0.3) is 5.91 Å². The maximum atomic E-state index is 13.3. The Bertz CT molecular complexity index is 1390. The number of rotatable bonds is 9. The SMILES string of the molecule is CCOc1cc(NC(=O)C(C)C)c(OCC)cc1NC(=O)c1cc2c(C)nn(-c3ccccc3)c2s1. The van der Waals surface area contributed by atoms with Crippen molar-refractivity contribution >= 4 is 44.7 Å². The minimum atomic E-state index is -0.266. The van der Waals surface area contributed by atoms with Crippen LogP contribution in [0.4, 0.5) is 11.4 Å². The van der Waals surface area contributed by atoms with Crippen molar-refractivity contribution in [2.75, 3.05) is 23.8 Å². The second-order valence-electron chi connectivity index (χ2n) is 8.47. The van der Waals surface area contributed by atoms with Crippen molar-refractivity contribution in [3.05, 3.63) is 59.1 Å². The van der Waals surface area contributed by atoms with E-state index in [0.29, 0.717) is 41.0 Å². The molecular formula is C27H30N4O4S. The third-order valence-electron chi connectivity index (χ3n) is 5.48. The zero-order chi connectivity index (χ0) is 25.8. The van der Waals surface area contributed by atoms with Crippen LogP contribution in [0.15, 0.2) is 48.5 Å². The molecular weight excluding hydrogens is 476 g/mol. The molecule has 0 aliphatic heterocycles. The molecule has 0 unspecified atom stereocenters. The average molecular weight is 507 g/mol. The number of carbonyl (C=O) groups is 2. The summed E-state index contributed by atoms with van der Waals surface area (Å²) in [5.41, 5.74) is 2.75. The van der Waals surface area contributed by atoms with Gasteiger partial charge in [-0.05, 0) is 39.0 Å². The van der Waals surface area contributed by atoms with Crippen molar-refractivity contribution in [2.24, 2.45) is 5.92 Å². The van der Waals surface area contributed by atoms with E-state index in [9.17, 15) is 9.59 Å². The van der Waals surface area contributed by atoms with Crippen LogP contribution in [0.3, 0.4) is 0 Å². The number of thiophene rings is 1. The number of aryl methyl sites for hydroxylation is 1. The van der Waals surface area contributed by atoms with Gasteiger partial charge in [-0.25, -0.2) is 4.68 Å². The van der Waals surface area contributed by atoms with Crippen LogP contribution in [-0.2, 0) is 4.79 Å². The number of nitrogens with one attached hydrogen (secondary N) is 2. The molecule has 9 heteroatoms. The summed E-state index contributed by atoms with van der Waals surface area (Å²) < 4.78 is 13.4. The summed E-state index contributed by atoms with van der Waals surface area (Å²) in [6.07, 6.45) is 0. The Morgan fingerprint density at radius 2 is 1.58 bits per heavy atom. The fraction of sp³-hybridized carbons (Fsp3) is 0.296. The number of fused-ring (bicyclic) bond motifs is 1. The second kappa shape index (κ2) is 10.8. The Hall–Kier alpha value is -3.85. The van der Waals surface area contributed by atoms with Crippen LogP contribution in [0.2, 0.25) is 0 Å². The highest BCUT2D eigenvalue weighted by Gasteiger charge is 2.21. The largest absolute Gasteiger partial charge is 0.492 e. The zero-order valence-electron chi connectivity index (χ0n) is 21.0. The van der Waals surface area contributed by atoms with E-state index in [2.05, 4.69) is 15.7 Å². The van der Waals surface area contributed by atoms with Gasteiger partial charge >= 0.3 is 0 Å². The molecule has 2 aromatic carbocycles. The summed E-state index contributed by atoms with van der Waals surface area (Å²) in [7, 11) is 0. The first-order chi connectivity index (χ1) is 17.3. The summed E-state index contributed by atoms with van der Waals surface area (Å²) in [5, 5.41) is 11.4. The Morgan fingerprint density at radius 1 is 0.972 bits per heavy atom. The number of nitrogens with zero attached hydrogens (tertiary/aromatic N) is 2. The van der Waals surface area contributed by atoms with E-state index >= 15 is 0 Å². The number of anilines is 2. The van der Waals surface area contributed by atoms with Gasteiger partial charge < -0.3 is 20.1 Å². The van der Waals surface area contributed by atoms with Gasteiger partial charge in [0, 0.05) is 23.4 Å². The Kier molecular flexibility index (Phi) is 7.59. The van der Waals surface area contributed by atoms with Crippen LogP contribution < -0.4 is 20.1 Å². The number of aromatic nitrogens is 2. The van der Waals surface area contributed by atoms with Gasteiger partial charge in [0.05, 0.1) is 40.8 Å². The molecule has 4 aromatic rings. The lowest BCUT2D eigenvalue weighted by atomic mass is 10.2. The molecule has 2 amide bonds. The van der Waals surface area contributed by atoms with Crippen LogP contribution in [0.1, 0.15) is 43.1 Å². The van der Waals surface area contributed by atoms with Crippen LogP contribution in [0.5, 0.6) is 11.5 Å². The van der Waals surface area contributed by atoms with E-state index in [1.165, 1.54) is 11.3 Å². The smallest absolute Gasteiger partial charge is 0.265 e. The van der Waals surface area contributed by atoms with E-state index in [1.54, 1.807) is 12.1 Å². The molecule has 0 spiro atoms. The second-order valence-corrected chi connectivity index (χ2v) is 9.50. The quantitative estimate of drug-likeness (QED) is 0.289. The molecule has 0 aliphatic carbocycles. The van der Waals surface area contributed by atoms with Gasteiger partial charge in [-0.15, -0.1) is 11.3 Å². The highest BCUT2D eigenvalue weighted by atomic mass is 32.1. The van der Waals surface area contributed by atoms with Crippen LogP contribution in [0.25, 0.3) is 15.9 Å². The molecule has 0 fully saturated rings. The molecule has 0 aliphatic rings. The lowest BCUT2D eigenvalue weighted by Crippen LogP contribution is -2.19. The molecule has 2 aromatic heterocycles. The third-order valence-corrected chi connectivity index (χ3v) is 6.59. The molecule has 2 heterocycles. The zero-order valence-corrected chi connectivity index (χ0v) is 21.9. The molecule has 0 saturated heterocycles. The van der Waals surface area contributed by atoms with Crippen molar-refractivity contribution in [1.82, 2.24) is 9.78 Å². The summed E-state index contributed by atoms with van der Waals surface area (Å²) in [4.78, 5) is 27.1.